The van der Waals surface area contributed by atoms with Gasteiger partial charge in [-0.2, -0.15) is 0 Å². The van der Waals surface area contributed by atoms with Crippen LogP contribution in [-0.2, 0) is 24.8 Å². The molecule has 0 radical (unpaired) electrons. The second kappa shape index (κ2) is 13.4. The highest BCUT2D eigenvalue weighted by Crippen LogP contribution is 2.41. The van der Waals surface area contributed by atoms with Crippen molar-refractivity contribution in [2.24, 2.45) is 12.0 Å². The van der Waals surface area contributed by atoms with Crippen molar-refractivity contribution in [3.63, 3.8) is 0 Å². The van der Waals surface area contributed by atoms with Crippen molar-refractivity contribution >= 4 is 73.9 Å². The Morgan fingerprint density at radius 1 is 0.923 bits per heavy atom. The molecule has 0 unspecified atom stereocenters. The Morgan fingerprint density at radius 3 is 2.63 bits per heavy atom. The number of rotatable bonds is 9. The van der Waals surface area contributed by atoms with Gasteiger partial charge in [0.2, 0.25) is 0 Å². The number of esters is 1. The molecule has 8 rings (SSSR count). The second-order valence-electron chi connectivity index (χ2n) is 12.5. The SMILES string of the molecule is COC(=O)c1cc2cc(NC(=O)c3cc(Nc4cccc(COc5cc6c(cc5OC)C(=O)N5c7ccccc7C[C@H]5C=N6)c4)cn3C)ccc2s1. The van der Waals surface area contributed by atoms with Crippen LogP contribution in [0.15, 0.2) is 102 Å². The number of amides is 2. The molecular formula is C40H33N5O6S. The Hall–Kier alpha value is -6.40. The molecule has 0 aliphatic carbocycles. The minimum atomic E-state index is -0.389. The fraction of sp³-hybridized carbons (Fsp3) is 0.150. The molecule has 4 heterocycles. The van der Waals surface area contributed by atoms with Crippen LogP contribution in [0.25, 0.3) is 10.1 Å². The van der Waals surface area contributed by atoms with Crippen LogP contribution < -0.4 is 25.0 Å². The van der Waals surface area contributed by atoms with E-state index in [1.807, 2.05) is 86.2 Å². The largest absolute Gasteiger partial charge is 0.493 e. The minimum absolute atomic E-state index is 0.122. The van der Waals surface area contributed by atoms with Gasteiger partial charge in [0.25, 0.3) is 11.8 Å². The Kier molecular flexibility index (Phi) is 8.44. The maximum Gasteiger partial charge on any atom is 0.348 e. The average Bonchev–Trinajstić information content (AvgIpc) is 3.84. The van der Waals surface area contributed by atoms with Crippen LogP contribution in [0.2, 0.25) is 0 Å². The van der Waals surface area contributed by atoms with Crippen molar-refractivity contribution in [1.82, 2.24) is 4.57 Å². The summed E-state index contributed by atoms with van der Waals surface area (Å²) < 4.78 is 19.4. The van der Waals surface area contributed by atoms with Crippen LogP contribution in [0.1, 0.15) is 41.6 Å². The number of aliphatic imine (C=N–C) groups is 1. The zero-order valence-electron chi connectivity index (χ0n) is 28.5. The number of thiophene rings is 1. The lowest BCUT2D eigenvalue weighted by molar-refractivity contribution is 0.0606. The molecule has 4 aromatic carbocycles. The van der Waals surface area contributed by atoms with Gasteiger partial charge < -0.3 is 29.4 Å². The Morgan fingerprint density at radius 2 is 1.79 bits per heavy atom. The first kappa shape index (κ1) is 32.8. The van der Waals surface area contributed by atoms with Gasteiger partial charge >= 0.3 is 5.97 Å². The predicted octanol–water partition coefficient (Wildman–Crippen LogP) is 7.90. The van der Waals surface area contributed by atoms with Crippen molar-refractivity contribution in [1.29, 1.82) is 0 Å². The number of nitrogens with one attached hydrogen (secondary N) is 2. The molecule has 260 valence electrons. The van der Waals surface area contributed by atoms with E-state index in [0.29, 0.717) is 39.0 Å². The maximum absolute atomic E-state index is 13.7. The van der Waals surface area contributed by atoms with Crippen LogP contribution >= 0.6 is 11.3 Å². The summed E-state index contributed by atoms with van der Waals surface area (Å²) in [4.78, 5) is 46.0. The van der Waals surface area contributed by atoms with Gasteiger partial charge in [-0.15, -0.1) is 11.3 Å². The summed E-state index contributed by atoms with van der Waals surface area (Å²) in [6, 6.07) is 28.1. The number of nitrogens with zero attached hydrogens (tertiary/aromatic N) is 3. The first-order chi connectivity index (χ1) is 25.3. The van der Waals surface area contributed by atoms with Crippen molar-refractivity contribution in [2.75, 3.05) is 29.8 Å². The Bertz CT molecular complexity index is 2430. The summed E-state index contributed by atoms with van der Waals surface area (Å²) in [5.41, 5.74) is 6.55. The molecule has 2 aliphatic heterocycles. The molecule has 0 saturated carbocycles. The first-order valence-corrected chi connectivity index (χ1v) is 17.4. The fourth-order valence-corrected chi connectivity index (χ4v) is 7.59. The van der Waals surface area contributed by atoms with Gasteiger partial charge in [0.15, 0.2) is 11.5 Å². The van der Waals surface area contributed by atoms with Crippen molar-refractivity contribution in [3.8, 4) is 11.5 Å². The van der Waals surface area contributed by atoms with Crippen LogP contribution in [0.3, 0.4) is 0 Å². The molecule has 2 aliphatic rings. The number of ether oxygens (including phenoxy) is 3. The summed E-state index contributed by atoms with van der Waals surface area (Å²) in [6.45, 7) is 0.239. The van der Waals surface area contributed by atoms with E-state index >= 15 is 0 Å². The minimum Gasteiger partial charge on any atom is -0.493 e. The zero-order chi connectivity index (χ0) is 35.9. The quantitative estimate of drug-likeness (QED) is 0.146. The van der Waals surface area contributed by atoms with Gasteiger partial charge in [-0.3, -0.25) is 19.5 Å². The molecule has 0 fully saturated rings. The molecule has 0 saturated heterocycles. The highest BCUT2D eigenvalue weighted by molar-refractivity contribution is 7.20. The number of aromatic nitrogens is 1. The molecule has 2 aromatic heterocycles. The molecule has 0 spiro atoms. The molecule has 11 nitrogen and oxygen atoms in total. The molecule has 0 bridgehead atoms. The number of methoxy groups -OCH3 is 2. The topological polar surface area (TPSA) is 123 Å². The number of hydrogen-bond acceptors (Lipinski definition) is 9. The number of carbonyl (C=O) groups excluding carboxylic acids is 3. The highest BCUT2D eigenvalue weighted by Gasteiger charge is 2.36. The van der Waals surface area contributed by atoms with Crippen molar-refractivity contribution in [3.05, 3.63) is 124 Å². The van der Waals surface area contributed by atoms with E-state index in [9.17, 15) is 14.4 Å². The Labute approximate surface area is 303 Å². The van der Waals surface area contributed by atoms with Crippen LogP contribution in [0.5, 0.6) is 11.5 Å². The van der Waals surface area contributed by atoms with Crippen LogP contribution in [0, 0.1) is 0 Å². The molecule has 2 amide bonds. The third kappa shape index (κ3) is 6.13. The van der Waals surface area contributed by atoms with E-state index in [-0.39, 0.29) is 30.4 Å². The van der Waals surface area contributed by atoms with Crippen LogP contribution in [-0.4, -0.2) is 48.8 Å². The summed E-state index contributed by atoms with van der Waals surface area (Å²) in [5.74, 6) is 0.140. The highest BCUT2D eigenvalue weighted by atomic mass is 32.1. The maximum atomic E-state index is 13.7. The third-order valence-corrected chi connectivity index (χ3v) is 10.2. The fourth-order valence-electron chi connectivity index (χ4n) is 6.63. The lowest BCUT2D eigenvalue weighted by Crippen LogP contribution is -2.37. The molecule has 2 N–H and O–H groups in total. The summed E-state index contributed by atoms with van der Waals surface area (Å²) in [5, 5.41) is 7.18. The van der Waals surface area contributed by atoms with E-state index in [1.165, 1.54) is 18.4 Å². The molecule has 12 heteroatoms. The van der Waals surface area contributed by atoms with Gasteiger partial charge in [-0.25, -0.2) is 4.79 Å². The number of carbonyl (C=O) groups is 3. The second-order valence-corrected chi connectivity index (χ2v) is 13.6. The lowest BCUT2D eigenvalue weighted by atomic mass is 10.1. The van der Waals surface area contributed by atoms with Crippen molar-refractivity contribution < 1.29 is 28.6 Å². The number of hydrogen-bond donors (Lipinski definition) is 2. The normalized spacial score (nSPS) is 14.3. The molecule has 1 atom stereocenters. The monoisotopic (exact) mass is 711 g/mol. The Balaban J connectivity index is 0.943. The summed E-state index contributed by atoms with van der Waals surface area (Å²) >= 11 is 1.34. The van der Waals surface area contributed by atoms with Gasteiger partial charge in [0.05, 0.1) is 37.2 Å². The number of benzene rings is 4. The zero-order valence-corrected chi connectivity index (χ0v) is 29.3. The molecule has 52 heavy (non-hydrogen) atoms. The van der Waals surface area contributed by atoms with E-state index in [1.54, 1.807) is 40.8 Å². The number of fused-ring (bicyclic) bond motifs is 5. The average molecular weight is 712 g/mol. The van der Waals surface area contributed by atoms with Crippen molar-refractivity contribution in [2.45, 2.75) is 19.1 Å². The molecule has 6 aromatic rings. The predicted molar refractivity (Wildman–Crippen MR) is 202 cm³/mol. The van der Waals surface area contributed by atoms with E-state index < -0.39 is 0 Å². The van der Waals surface area contributed by atoms with E-state index in [4.69, 9.17) is 19.2 Å². The van der Waals surface area contributed by atoms with Gasteiger partial charge in [0, 0.05) is 53.7 Å². The van der Waals surface area contributed by atoms with E-state index in [2.05, 4.69) is 10.6 Å². The number of para-hydroxylation sites is 1. The lowest BCUT2D eigenvalue weighted by Gasteiger charge is -2.22. The smallest absolute Gasteiger partial charge is 0.348 e. The third-order valence-electron chi connectivity index (χ3n) is 9.14. The van der Waals surface area contributed by atoms with Crippen LogP contribution in [0.4, 0.5) is 28.4 Å². The van der Waals surface area contributed by atoms with E-state index in [0.717, 1.165) is 44.7 Å². The van der Waals surface area contributed by atoms with Gasteiger partial charge in [-0.05, 0) is 71.1 Å². The standard InChI is InChI=1S/C40H33N5O6S/c1-44-21-28(17-33(44)38(46)43-27-11-12-36-25(14-27)16-37(52-36)40(48)50-3)42-26-9-6-7-23(13-26)22-51-35-19-31-30(18-34(35)49-2)39(47)45-29(20-41-31)15-24-8-4-5-10-32(24)45/h4-14,16-21,29,42H,15,22H2,1-3H3,(H,43,46)/t29-/m0/s1. The summed E-state index contributed by atoms with van der Waals surface area (Å²) in [6.07, 6.45) is 4.39. The first-order valence-electron chi connectivity index (χ1n) is 16.5. The van der Waals surface area contributed by atoms with Gasteiger partial charge in [-0.1, -0.05) is 30.3 Å². The number of aryl methyl sites for hydroxylation is 1. The van der Waals surface area contributed by atoms with Gasteiger partial charge in [0.1, 0.15) is 17.2 Å². The number of anilines is 4. The summed E-state index contributed by atoms with van der Waals surface area (Å²) in [7, 11) is 4.71. The molecular weight excluding hydrogens is 679 g/mol.